The lowest BCUT2D eigenvalue weighted by Gasteiger charge is -2.31. The van der Waals surface area contributed by atoms with Gasteiger partial charge < -0.3 is 5.32 Å². The fourth-order valence-electron chi connectivity index (χ4n) is 3.00. The van der Waals surface area contributed by atoms with Crippen molar-refractivity contribution in [3.63, 3.8) is 0 Å². The highest BCUT2D eigenvalue weighted by Gasteiger charge is 2.24. The Morgan fingerprint density at radius 1 is 1.14 bits per heavy atom. The van der Waals surface area contributed by atoms with Crippen LogP contribution in [0, 0.1) is 28.6 Å². The molecule has 110 valence electrons. The van der Waals surface area contributed by atoms with Gasteiger partial charge in [-0.2, -0.15) is 10.5 Å². The molecule has 21 heavy (non-hydrogen) atoms. The molecule has 4 nitrogen and oxygen atoms in total. The van der Waals surface area contributed by atoms with Gasteiger partial charge in [-0.25, -0.2) is 0 Å². The molecule has 1 fully saturated rings. The number of likely N-dealkylation sites (tertiary alicyclic amines) is 1. The van der Waals surface area contributed by atoms with E-state index in [1.54, 1.807) is 18.2 Å². The molecule has 1 saturated heterocycles. The molecule has 1 aliphatic rings. The summed E-state index contributed by atoms with van der Waals surface area (Å²) in [4.78, 5) is 2.51. The maximum Gasteiger partial charge on any atom is 0.101 e. The second-order valence-corrected chi connectivity index (χ2v) is 5.89. The number of rotatable bonds is 5. The van der Waals surface area contributed by atoms with Crippen LogP contribution in [-0.4, -0.2) is 30.6 Å². The van der Waals surface area contributed by atoms with Crippen LogP contribution in [0.25, 0.3) is 0 Å². The minimum absolute atomic E-state index is 0.436. The van der Waals surface area contributed by atoms with Gasteiger partial charge in [0.15, 0.2) is 0 Å². The number of hydrogen-bond acceptors (Lipinski definition) is 4. The van der Waals surface area contributed by atoms with Crippen molar-refractivity contribution in [3.05, 3.63) is 29.3 Å². The van der Waals surface area contributed by atoms with E-state index in [9.17, 15) is 10.5 Å². The van der Waals surface area contributed by atoms with Crippen molar-refractivity contribution in [3.8, 4) is 12.1 Å². The van der Waals surface area contributed by atoms with E-state index in [0.717, 1.165) is 19.6 Å². The first-order chi connectivity index (χ1) is 10.2. The van der Waals surface area contributed by atoms with Gasteiger partial charge in [-0.1, -0.05) is 19.9 Å². The third kappa shape index (κ3) is 3.54. The lowest BCUT2D eigenvalue weighted by atomic mass is 10.0. The van der Waals surface area contributed by atoms with Crippen LogP contribution in [0.3, 0.4) is 0 Å². The van der Waals surface area contributed by atoms with E-state index in [0.29, 0.717) is 28.8 Å². The molecular weight excluding hydrogens is 260 g/mol. The van der Waals surface area contributed by atoms with Gasteiger partial charge in [0.25, 0.3) is 0 Å². The third-order valence-electron chi connectivity index (χ3n) is 4.17. The first kappa shape index (κ1) is 15.4. The lowest BCUT2D eigenvalue weighted by Crippen LogP contribution is -2.42. The minimum atomic E-state index is 0.436. The number of hydrogen-bond donors (Lipinski definition) is 1. The fraction of sp³-hybridized carbons (Fsp3) is 0.529. The smallest absolute Gasteiger partial charge is 0.101 e. The molecular formula is C17H22N4. The second kappa shape index (κ2) is 7.11. The maximum atomic E-state index is 9.21. The second-order valence-electron chi connectivity index (χ2n) is 5.89. The number of nitrogens with zero attached hydrogens (tertiary/aromatic N) is 3. The van der Waals surface area contributed by atoms with E-state index in [1.807, 2.05) is 0 Å². The summed E-state index contributed by atoms with van der Waals surface area (Å²) >= 11 is 0. The largest absolute Gasteiger partial charge is 0.381 e. The van der Waals surface area contributed by atoms with Crippen LogP contribution < -0.4 is 5.32 Å². The quantitative estimate of drug-likeness (QED) is 0.902. The van der Waals surface area contributed by atoms with Gasteiger partial charge in [-0.15, -0.1) is 0 Å². The Hall–Kier alpha value is -2.04. The first-order valence-corrected chi connectivity index (χ1v) is 7.58. The maximum absolute atomic E-state index is 9.21. The summed E-state index contributed by atoms with van der Waals surface area (Å²) in [5, 5.41) is 21.8. The summed E-state index contributed by atoms with van der Waals surface area (Å²) in [5.41, 5.74) is 1.75. The van der Waals surface area contributed by atoms with Gasteiger partial charge in [0, 0.05) is 12.6 Å². The first-order valence-electron chi connectivity index (χ1n) is 7.58. The summed E-state index contributed by atoms with van der Waals surface area (Å²) in [7, 11) is 0. The Labute approximate surface area is 127 Å². The molecule has 1 heterocycles. The van der Waals surface area contributed by atoms with Gasteiger partial charge >= 0.3 is 0 Å². The highest BCUT2D eigenvalue weighted by atomic mass is 15.2. The highest BCUT2D eigenvalue weighted by Crippen LogP contribution is 2.22. The van der Waals surface area contributed by atoms with Crippen molar-refractivity contribution < 1.29 is 0 Å². The standard InChI is InChI=1S/C17H22N4/c1-13(2)16(21-8-3-4-9-21)12-20-17-14(10-18)6-5-7-15(17)11-19/h5-7,13,16,20H,3-4,8-9,12H2,1-2H3. The predicted molar refractivity (Wildman–Crippen MR) is 83.8 cm³/mol. The minimum Gasteiger partial charge on any atom is -0.381 e. The average Bonchev–Trinajstić information content (AvgIpc) is 3.01. The van der Waals surface area contributed by atoms with Crippen LogP contribution in [0.4, 0.5) is 5.69 Å². The number of nitriles is 2. The van der Waals surface area contributed by atoms with Crippen LogP contribution in [0.1, 0.15) is 37.8 Å². The molecule has 1 atom stereocenters. The van der Waals surface area contributed by atoms with E-state index in [-0.39, 0.29) is 0 Å². The summed E-state index contributed by atoms with van der Waals surface area (Å²) < 4.78 is 0. The molecule has 0 spiro atoms. The van der Waals surface area contributed by atoms with Crippen molar-refractivity contribution in [2.24, 2.45) is 5.92 Å². The van der Waals surface area contributed by atoms with Crippen molar-refractivity contribution in [1.82, 2.24) is 4.90 Å². The molecule has 1 aliphatic heterocycles. The summed E-state index contributed by atoms with van der Waals surface area (Å²) in [6.07, 6.45) is 2.53. The Balaban J connectivity index is 2.14. The molecule has 4 heteroatoms. The predicted octanol–water partition coefficient (Wildman–Crippen LogP) is 2.96. The number of benzene rings is 1. The summed E-state index contributed by atoms with van der Waals surface area (Å²) in [6, 6.07) is 10.0. The van der Waals surface area contributed by atoms with Crippen molar-refractivity contribution in [2.45, 2.75) is 32.7 Å². The van der Waals surface area contributed by atoms with Crippen LogP contribution in [0.15, 0.2) is 18.2 Å². The molecule has 1 N–H and O–H groups in total. The van der Waals surface area contributed by atoms with Crippen molar-refractivity contribution in [2.75, 3.05) is 25.0 Å². The van der Waals surface area contributed by atoms with E-state index in [4.69, 9.17) is 0 Å². The van der Waals surface area contributed by atoms with Crippen molar-refractivity contribution in [1.29, 1.82) is 10.5 Å². The van der Waals surface area contributed by atoms with Gasteiger partial charge in [-0.3, -0.25) is 4.90 Å². The van der Waals surface area contributed by atoms with E-state index >= 15 is 0 Å². The Bertz CT molecular complexity index is 527. The van der Waals surface area contributed by atoms with E-state index in [2.05, 4.69) is 36.2 Å². The zero-order chi connectivity index (χ0) is 15.2. The van der Waals surface area contributed by atoms with Gasteiger partial charge in [0.1, 0.15) is 12.1 Å². The molecule has 0 aromatic heterocycles. The number of anilines is 1. The topological polar surface area (TPSA) is 62.9 Å². The molecule has 0 radical (unpaired) electrons. The molecule has 1 unspecified atom stereocenters. The summed E-state index contributed by atoms with van der Waals surface area (Å²) in [6.45, 7) is 7.52. The van der Waals surface area contributed by atoms with Crippen LogP contribution in [0.2, 0.25) is 0 Å². The van der Waals surface area contributed by atoms with Gasteiger partial charge in [0.05, 0.1) is 16.8 Å². The number of para-hydroxylation sites is 1. The number of nitrogens with one attached hydrogen (secondary N) is 1. The monoisotopic (exact) mass is 282 g/mol. The van der Waals surface area contributed by atoms with Gasteiger partial charge in [0.2, 0.25) is 0 Å². The molecule has 1 aromatic carbocycles. The lowest BCUT2D eigenvalue weighted by molar-refractivity contribution is 0.201. The molecule has 0 bridgehead atoms. The Kier molecular flexibility index (Phi) is 5.20. The van der Waals surface area contributed by atoms with Gasteiger partial charge in [-0.05, 0) is 44.0 Å². The molecule has 1 aromatic rings. The third-order valence-corrected chi connectivity index (χ3v) is 4.17. The zero-order valence-corrected chi connectivity index (χ0v) is 12.8. The van der Waals surface area contributed by atoms with Crippen LogP contribution in [-0.2, 0) is 0 Å². The van der Waals surface area contributed by atoms with E-state index in [1.165, 1.54) is 12.8 Å². The highest BCUT2D eigenvalue weighted by molar-refractivity contribution is 5.66. The summed E-state index contributed by atoms with van der Waals surface area (Å²) in [5.74, 6) is 0.537. The molecule has 2 rings (SSSR count). The van der Waals surface area contributed by atoms with Crippen molar-refractivity contribution >= 4 is 5.69 Å². The van der Waals surface area contributed by atoms with E-state index < -0.39 is 0 Å². The Morgan fingerprint density at radius 3 is 2.19 bits per heavy atom. The Morgan fingerprint density at radius 2 is 1.71 bits per heavy atom. The van der Waals surface area contributed by atoms with Crippen LogP contribution >= 0.6 is 0 Å². The molecule has 0 aliphatic carbocycles. The average molecular weight is 282 g/mol. The molecule has 0 amide bonds. The normalized spacial score (nSPS) is 16.4. The zero-order valence-electron chi connectivity index (χ0n) is 12.8. The SMILES string of the molecule is CC(C)C(CNc1c(C#N)cccc1C#N)N1CCCC1. The van der Waals surface area contributed by atoms with Crippen LogP contribution in [0.5, 0.6) is 0 Å². The molecule has 0 saturated carbocycles. The fourth-order valence-corrected chi connectivity index (χ4v) is 3.00.